The van der Waals surface area contributed by atoms with Crippen molar-refractivity contribution in [3.63, 3.8) is 0 Å². The van der Waals surface area contributed by atoms with Gasteiger partial charge >= 0.3 is 0 Å². The van der Waals surface area contributed by atoms with E-state index in [-0.39, 0.29) is 23.8 Å². The van der Waals surface area contributed by atoms with Gasteiger partial charge in [0.15, 0.2) is 5.84 Å². The molecule has 0 spiro atoms. The quantitative estimate of drug-likeness (QED) is 0.320. The summed E-state index contributed by atoms with van der Waals surface area (Å²) in [5, 5.41) is 15.4. The molecule has 2 unspecified atom stereocenters. The second-order valence-electron chi connectivity index (χ2n) is 6.30. The molecule has 2 atom stereocenters. The van der Waals surface area contributed by atoms with Gasteiger partial charge in [0.25, 0.3) is 0 Å². The number of nitrogens with one attached hydrogen (secondary N) is 1. The predicted octanol–water partition coefficient (Wildman–Crippen LogP) is 1.76. The fourth-order valence-electron chi connectivity index (χ4n) is 3.45. The summed E-state index contributed by atoms with van der Waals surface area (Å²) in [7, 11) is 0. The lowest BCUT2D eigenvalue weighted by atomic mass is 9.82. The number of hydrogen-bond acceptors (Lipinski definition) is 4. The van der Waals surface area contributed by atoms with Crippen LogP contribution in [0.5, 0.6) is 0 Å². The second kappa shape index (κ2) is 7.11. The Morgan fingerprint density at radius 2 is 1.90 bits per heavy atom. The number of hydrogen-bond donors (Lipinski definition) is 3. The molecule has 1 heterocycles. The van der Waals surface area contributed by atoms with Gasteiger partial charge in [0.05, 0.1) is 12.0 Å². The van der Waals surface area contributed by atoms with E-state index in [1.807, 2.05) is 6.92 Å². The number of rotatable bonds is 3. The van der Waals surface area contributed by atoms with Gasteiger partial charge in [-0.15, -0.1) is 0 Å². The summed E-state index contributed by atoms with van der Waals surface area (Å²) in [6, 6.07) is 0. The van der Waals surface area contributed by atoms with Crippen LogP contribution in [0.1, 0.15) is 58.3 Å². The average Bonchev–Trinajstić information content (AvgIpc) is 2.87. The highest BCUT2D eigenvalue weighted by molar-refractivity contribution is 5.94. The summed E-state index contributed by atoms with van der Waals surface area (Å²) in [5.74, 6) is -0.0460. The number of ether oxygens (including phenoxy) is 1. The number of nitrogens with two attached hydrogens (primary N) is 1. The van der Waals surface area contributed by atoms with Gasteiger partial charge in [0, 0.05) is 6.61 Å². The smallest absolute Gasteiger partial charge is 0.226 e. The van der Waals surface area contributed by atoms with Crippen molar-refractivity contribution in [3.8, 4) is 0 Å². The van der Waals surface area contributed by atoms with Gasteiger partial charge in [0.2, 0.25) is 5.91 Å². The molecule has 2 fully saturated rings. The summed E-state index contributed by atoms with van der Waals surface area (Å²) in [4.78, 5) is 12.6. The first-order valence-corrected chi connectivity index (χ1v) is 8.01. The highest BCUT2D eigenvalue weighted by Gasteiger charge is 2.40. The number of carbonyl (C=O) groups excluding carboxylic acids is 1. The molecular formula is C15H27N3O3. The Morgan fingerprint density at radius 1 is 1.29 bits per heavy atom. The highest BCUT2D eigenvalue weighted by Crippen LogP contribution is 2.29. The molecule has 0 bridgehead atoms. The normalized spacial score (nSPS) is 30.4. The van der Waals surface area contributed by atoms with Crippen LogP contribution in [-0.2, 0) is 9.53 Å². The largest absolute Gasteiger partial charge is 0.409 e. The highest BCUT2D eigenvalue weighted by atomic mass is 16.5. The van der Waals surface area contributed by atoms with Crippen LogP contribution in [0.3, 0.4) is 0 Å². The van der Waals surface area contributed by atoms with Gasteiger partial charge in [0.1, 0.15) is 5.54 Å². The van der Waals surface area contributed by atoms with E-state index in [2.05, 4.69) is 10.5 Å². The molecule has 0 radical (unpaired) electrons. The number of amides is 1. The number of amidine groups is 1. The van der Waals surface area contributed by atoms with Crippen LogP contribution in [0, 0.1) is 5.92 Å². The summed E-state index contributed by atoms with van der Waals surface area (Å²) in [6.45, 7) is 2.54. The first-order chi connectivity index (χ1) is 10.1. The van der Waals surface area contributed by atoms with Crippen molar-refractivity contribution in [2.24, 2.45) is 16.8 Å². The monoisotopic (exact) mass is 297 g/mol. The molecule has 2 rings (SSSR count). The summed E-state index contributed by atoms with van der Waals surface area (Å²) in [5.41, 5.74) is 5.24. The van der Waals surface area contributed by atoms with Crippen molar-refractivity contribution >= 4 is 11.7 Å². The minimum absolute atomic E-state index is 0.0350. The van der Waals surface area contributed by atoms with Crippen molar-refractivity contribution in [1.29, 1.82) is 0 Å². The molecule has 0 aromatic heterocycles. The fraction of sp³-hybridized carbons (Fsp3) is 0.867. The fourth-order valence-corrected chi connectivity index (χ4v) is 3.45. The predicted molar refractivity (Wildman–Crippen MR) is 80.1 cm³/mol. The van der Waals surface area contributed by atoms with E-state index in [9.17, 15) is 4.79 Å². The molecule has 6 nitrogen and oxygen atoms in total. The molecule has 1 aliphatic heterocycles. The van der Waals surface area contributed by atoms with E-state index >= 15 is 0 Å². The third kappa shape index (κ3) is 3.67. The van der Waals surface area contributed by atoms with Crippen molar-refractivity contribution in [2.75, 3.05) is 6.61 Å². The van der Waals surface area contributed by atoms with Gasteiger partial charge in [-0.3, -0.25) is 4.79 Å². The maximum absolute atomic E-state index is 12.6. The van der Waals surface area contributed by atoms with Crippen LogP contribution in [0.15, 0.2) is 5.16 Å². The van der Waals surface area contributed by atoms with Gasteiger partial charge < -0.3 is 21.0 Å². The minimum Gasteiger partial charge on any atom is -0.409 e. The Labute approximate surface area is 126 Å². The molecule has 1 saturated carbocycles. The molecule has 4 N–H and O–H groups in total. The summed E-state index contributed by atoms with van der Waals surface area (Å²) in [6.07, 6.45) is 7.56. The van der Waals surface area contributed by atoms with Crippen molar-refractivity contribution < 1.29 is 14.7 Å². The lowest BCUT2D eigenvalue weighted by molar-refractivity contribution is -0.127. The van der Waals surface area contributed by atoms with Crippen LogP contribution < -0.4 is 11.1 Å². The Balaban J connectivity index is 2.13. The first-order valence-electron chi connectivity index (χ1n) is 8.01. The standard InChI is InChI=1S/C15H27N3O3/c1-11-12(7-10-21-11)13(19)17-15(14(16)18-20)8-5-3-2-4-6-9-15/h11-12,20H,2-10H2,1H3,(H2,16,18)(H,17,19). The Hall–Kier alpha value is -1.30. The molecule has 1 saturated heterocycles. The van der Waals surface area contributed by atoms with Crippen molar-refractivity contribution in [2.45, 2.75) is 69.9 Å². The van der Waals surface area contributed by atoms with E-state index in [0.717, 1.165) is 44.9 Å². The van der Waals surface area contributed by atoms with E-state index in [4.69, 9.17) is 15.7 Å². The summed E-state index contributed by atoms with van der Waals surface area (Å²) < 4.78 is 5.47. The van der Waals surface area contributed by atoms with Crippen molar-refractivity contribution in [3.05, 3.63) is 0 Å². The molecule has 0 aromatic rings. The molecule has 0 aromatic carbocycles. The molecule has 1 aliphatic carbocycles. The SMILES string of the molecule is CC1OCCC1C(=O)NC1(C(N)=NO)CCCCCCC1. The van der Waals surface area contributed by atoms with Gasteiger partial charge in [-0.2, -0.15) is 0 Å². The first kappa shape index (κ1) is 16.1. The third-order valence-electron chi connectivity index (χ3n) is 4.88. The molecule has 6 heteroatoms. The number of nitrogens with zero attached hydrogens (tertiary/aromatic N) is 1. The van der Waals surface area contributed by atoms with Crippen LogP contribution in [-0.4, -0.2) is 35.2 Å². The minimum atomic E-state index is -0.700. The Morgan fingerprint density at radius 3 is 2.43 bits per heavy atom. The maximum atomic E-state index is 12.6. The zero-order chi connectivity index (χ0) is 15.3. The van der Waals surface area contributed by atoms with Crippen LogP contribution >= 0.6 is 0 Å². The average molecular weight is 297 g/mol. The topological polar surface area (TPSA) is 96.9 Å². The lowest BCUT2D eigenvalue weighted by Crippen LogP contribution is -2.59. The van der Waals surface area contributed by atoms with E-state index in [0.29, 0.717) is 6.61 Å². The van der Waals surface area contributed by atoms with Crippen molar-refractivity contribution in [1.82, 2.24) is 5.32 Å². The van der Waals surface area contributed by atoms with Crippen LogP contribution in [0.4, 0.5) is 0 Å². The molecular weight excluding hydrogens is 270 g/mol. The third-order valence-corrected chi connectivity index (χ3v) is 4.88. The van der Waals surface area contributed by atoms with Gasteiger partial charge in [-0.05, 0) is 26.2 Å². The molecule has 120 valence electrons. The maximum Gasteiger partial charge on any atom is 0.226 e. The van der Waals surface area contributed by atoms with Crippen LogP contribution in [0.2, 0.25) is 0 Å². The van der Waals surface area contributed by atoms with Gasteiger partial charge in [-0.25, -0.2) is 0 Å². The Bertz CT molecular complexity index is 390. The van der Waals surface area contributed by atoms with E-state index in [1.165, 1.54) is 6.42 Å². The number of oxime groups is 1. The zero-order valence-corrected chi connectivity index (χ0v) is 12.8. The molecule has 1 amide bonds. The number of carbonyl (C=O) groups is 1. The second-order valence-corrected chi connectivity index (χ2v) is 6.30. The zero-order valence-electron chi connectivity index (χ0n) is 12.8. The van der Waals surface area contributed by atoms with Crippen LogP contribution in [0.25, 0.3) is 0 Å². The summed E-state index contributed by atoms with van der Waals surface area (Å²) >= 11 is 0. The van der Waals surface area contributed by atoms with E-state index in [1.54, 1.807) is 0 Å². The molecule has 2 aliphatic rings. The lowest BCUT2D eigenvalue weighted by Gasteiger charge is -2.36. The molecule has 21 heavy (non-hydrogen) atoms. The Kier molecular flexibility index (Phi) is 5.45. The van der Waals surface area contributed by atoms with Gasteiger partial charge in [-0.1, -0.05) is 37.3 Å². The van der Waals surface area contributed by atoms with E-state index < -0.39 is 5.54 Å².